The summed E-state index contributed by atoms with van der Waals surface area (Å²) in [6, 6.07) is 25.1. The third-order valence-electron chi connectivity index (χ3n) is 8.70. The minimum Gasteiger partial charge on any atom is -0.478 e. The van der Waals surface area contributed by atoms with Crippen LogP contribution in [0.2, 0.25) is 5.02 Å². The Bertz CT molecular complexity index is 1450. The van der Waals surface area contributed by atoms with Crippen LogP contribution in [0, 0.1) is 11.8 Å². The first kappa shape index (κ1) is 30.9. The van der Waals surface area contributed by atoms with Crippen LogP contribution >= 0.6 is 27.5 Å². The number of carbonyl (C=O) groups excluding carboxylic acids is 2. The van der Waals surface area contributed by atoms with Crippen LogP contribution in [0.5, 0.6) is 5.75 Å². The van der Waals surface area contributed by atoms with Gasteiger partial charge in [-0.25, -0.2) is 4.79 Å². The number of anilines is 1. The number of hydrogen-bond acceptors (Lipinski definition) is 5. The molecule has 7 nitrogen and oxygen atoms in total. The predicted molar refractivity (Wildman–Crippen MR) is 176 cm³/mol. The first-order valence-corrected chi connectivity index (χ1v) is 16.5. The van der Waals surface area contributed by atoms with Crippen molar-refractivity contribution in [3.8, 4) is 5.75 Å². The summed E-state index contributed by atoms with van der Waals surface area (Å²) in [7, 11) is 0. The minimum absolute atomic E-state index is 0.00952. The second kappa shape index (κ2) is 12.7. The van der Waals surface area contributed by atoms with Gasteiger partial charge in [0, 0.05) is 49.0 Å². The molecule has 0 spiro atoms. The molecule has 2 saturated heterocycles. The molecule has 6 rings (SSSR count). The topological polar surface area (TPSA) is 62.3 Å². The molecule has 3 heterocycles. The number of piperidine rings is 1. The van der Waals surface area contributed by atoms with Gasteiger partial charge in [0.15, 0.2) is 6.10 Å². The molecule has 44 heavy (non-hydrogen) atoms. The molecule has 3 aliphatic rings. The lowest BCUT2D eigenvalue weighted by molar-refractivity contribution is -0.130. The van der Waals surface area contributed by atoms with Crippen LogP contribution in [0.3, 0.4) is 0 Å². The van der Waals surface area contributed by atoms with Gasteiger partial charge in [-0.3, -0.25) is 9.69 Å². The van der Waals surface area contributed by atoms with E-state index in [0.717, 1.165) is 17.6 Å². The summed E-state index contributed by atoms with van der Waals surface area (Å²) in [6.45, 7) is 9.00. The molecule has 0 radical (unpaired) electrons. The summed E-state index contributed by atoms with van der Waals surface area (Å²) in [5, 5.41) is 0.540. The van der Waals surface area contributed by atoms with E-state index in [9.17, 15) is 9.59 Å². The van der Waals surface area contributed by atoms with Crippen molar-refractivity contribution in [1.82, 2.24) is 9.80 Å². The molecule has 0 bridgehead atoms. The molecular formula is C35H39BrClN3O4. The fourth-order valence-corrected chi connectivity index (χ4v) is 7.04. The van der Waals surface area contributed by atoms with Gasteiger partial charge in [0.2, 0.25) is 0 Å². The molecule has 9 heteroatoms. The van der Waals surface area contributed by atoms with Crippen LogP contribution in [0.4, 0.5) is 10.5 Å². The number of ether oxygens (including phenoxy) is 2. The monoisotopic (exact) mass is 679 g/mol. The van der Waals surface area contributed by atoms with Gasteiger partial charge in [-0.2, -0.15) is 0 Å². The molecule has 2 amide bonds. The number of likely N-dealkylation sites (tertiary alicyclic amines) is 2. The van der Waals surface area contributed by atoms with Crippen molar-refractivity contribution in [1.29, 1.82) is 0 Å². The van der Waals surface area contributed by atoms with Crippen molar-refractivity contribution in [2.24, 2.45) is 11.8 Å². The second-order valence-electron chi connectivity index (χ2n) is 13.1. The summed E-state index contributed by atoms with van der Waals surface area (Å²) >= 11 is 10.1. The van der Waals surface area contributed by atoms with Gasteiger partial charge in [0.25, 0.3) is 5.91 Å². The third kappa shape index (κ3) is 6.63. The third-order valence-corrected chi connectivity index (χ3v) is 9.89. The number of amides is 2. The van der Waals surface area contributed by atoms with Gasteiger partial charge < -0.3 is 19.3 Å². The number of nitrogens with zero attached hydrogens (tertiary/aromatic N) is 3. The highest BCUT2D eigenvalue weighted by molar-refractivity contribution is 9.10. The highest BCUT2D eigenvalue weighted by atomic mass is 79.9. The van der Waals surface area contributed by atoms with Crippen LogP contribution < -0.4 is 9.64 Å². The van der Waals surface area contributed by atoms with E-state index in [0.29, 0.717) is 54.9 Å². The molecule has 3 aliphatic heterocycles. The second-order valence-corrected chi connectivity index (χ2v) is 14.3. The first-order chi connectivity index (χ1) is 21.1. The Balaban J connectivity index is 1.17. The summed E-state index contributed by atoms with van der Waals surface area (Å²) in [5.74, 6) is 0.914. The number of hydrogen-bond donors (Lipinski definition) is 0. The predicted octanol–water partition coefficient (Wildman–Crippen LogP) is 7.57. The van der Waals surface area contributed by atoms with Crippen LogP contribution in [0.25, 0.3) is 0 Å². The quantitative estimate of drug-likeness (QED) is 0.269. The van der Waals surface area contributed by atoms with Gasteiger partial charge in [0.1, 0.15) is 11.4 Å². The van der Waals surface area contributed by atoms with Crippen LogP contribution in [0.15, 0.2) is 77.3 Å². The lowest BCUT2D eigenvalue weighted by Crippen LogP contribution is -2.57. The van der Waals surface area contributed by atoms with Crippen molar-refractivity contribution >= 4 is 45.2 Å². The normalized spacial score (nSPS) is 19.9. The van der Waals surface area contributed by atoms with E-state index in [1.807, 2.05) is 49.9 Å². The zero-order valence-electron chi connectivity index (χ0n) is 25.4. The molecule has 1 unspecified atom stereocenters. The van der Waals surface area contributed by atoms with Crippen molar-refractivity contribution in [2.75, 3.05) is 37.6 Å². The number of rotatable bonds is 6. The first-order valence-electron chi connectivity index (χ1n) is 15.4. The molecule has 0 aromatic heterocycles. The molecule has 0 aliphatic carbocycles. The number of carbonyl (C=O) groups is 2. The Morgan fingerprint density at radius 2 is 1.59 bits per heavy atom. The van der Waals surface area contributed by atoms with E-state index < -0.39 is 11.7 Å². The van der Waals surface area contributed by atoms with Gasteiger partial charge >= 0.3 is 6.09 Å². The Morgan fingerprint density at radius 3 is 2.16 bits per heavy atom. The van der Waals surface area contributed by atoms with Crippen molar-refractivity contribution < 1.29 is 19.1 Å². The number of halogens is 2. The number of fused-ring (bicyclic) bond motifs is 1. The van der Waals surface area contributed by atoms with Gasteiger partial charge in [-0.1, -0.05) is 72.3 Å². The summed E-state index contributed by atoms with van der Waals surface area (Å²) in [5.41, 5.74) is 2.69. The maximum Gasteiger partial charge on any atom is 0.410 e. The molecular weight excluding hydrogens is 642 g/mol. The largest absolute Gasteiger partial charge is 0.478 e. The van der Waals surface area contributed by atoms with Crippen LogP contribution in [-0.2, 0) is 9.53 Å². The zero-order valence-corrected chi connectivity index (χ0v) is 27.8. The summed E-state index contributed by atoms with van der Waals surface area (Å²) in [6.07, 6.45) is 0.409. The fraction of sp³-hybridized carbons (Fsp3) is 0.429. The fourth-order valence-electron chi connectivity index (χ4n) is 6.56. The Kier molecular flexibility index (Phi) is 8.95. The van der Waals surface area contributed by atoms with Gasteiger partial charge in [-0.15, -0.1) is 0 Å². The smallest absolute Gasteiger partial charge is 0.410 e. The SMILES string of the molecule is CC(C)(C)OC(=O)N1CCC(C2Oc3cc(Br)c(Cl)cc3N(CC3CN(C(c4ccccc4)c4ccccc4)C3)C2=O)CC1. The average molecular weight is 681 g/mol. The molecule has 0 N–H and O–H groups in total. The van der Waals surface area contributed by atoms with Gasteiger partial charge in [0.05, 0.1) is 16.8 Å². The molecule has 2 fully saturated rings. The lowest BCUT2D eigenvalue weighted by atomic mass is 9.88. The Labute approximate surface area is 273 Å². The van der Waals surface area contributed by atoms with E-state index in [1.165, 1.54) is 11.1 Å². The zero-order chi connectivity index (χ0) is 31.0. The highest BCUT2D eigenvalue weighted by Gasteiger charge is 2.44. The average Bonchev–Trinajstić information content (AvgIpc) is 2.98. The molecule has 3 aromatic rings. The summed E-state index contributed by atoms with van der Waals surface area (Å²) < 4.78 is 12.7. The minimum atomic E-state index is -0.617. The van der Waals surface area contributed by atoms with Crippen molar-refractivity contribution in [3.63, 3.8) is 0 Å². The van der Waals surface area contributed by atoms with Gasteiger partial charge in [-0.05, 0) is 72.8 Å². The molecule has 1 atom stereocenters. The van der Waals surface area contributed by atoms with E-state index in [4.69, 9.17) is 21.1 Å². The van der Waals surface area contributed by atoms with E-state index in [2.05, 4.69) is 69.4 Å². The molecule has 3 aromatic carbocycles. The molecule has 0 saturated carbocycles. The van der Waals surface area contributed by atoms with Crippen LogP contribution in [0.1, 0.15) is 50.8 Å². The Hall–Kier alpha value is -3.07. The van der Waals surface area contributed by atoms with Crippen molar-refractivity contribution in [3.05, 3.63) is 93.4 Å². The lowest BCUT2D eigenvalue weighted by Gasteiger charge is -2.48. The maximum atomic E-state index is 14.1. The number of benzene rings is 3. The maximum absolute atomic E-state index is 14.1. The van der Waals surface area contributed by atoms with E-state index in [1.54, 1.807) is 4.90 Å². The highest BCUT2D eigenvalue weighted by Crippen LogP contribution is 2.44. The van der Waals surface area contributed by atoms with E-state index in [-0.39, 0.29) is 24.0 Å². The van der Waals surface area contributed by atoms with E-state index >= 15 is 0 Å². The standard InChI is InChI=1S/C35H39BrClN3O4/c1-35(2,3)44-34(42)38-16-14-26(15-17-38)32-33(41)40(29-19-28(37)27(36)18-30(29)43-32)22-23-20-39(21-23)31(24-10-6-4-7-11-24)25-12-8-5-9-13-25/h4-13,18-19,23,26,31-32H,14-17,20-22H2,1-3H3. The van der Waals surface area contributed by atoms with Crippen LogP contribution in [-0.4, -0.2) is 66.2 Å². The Morgan fingerprint density at radius 1 is 1.00 bits per heavy atom. The summed E-state index contributed by atoms with van der Waals surface area (Å²) in [4.78, 5) is 32.9. The molecule has 232 valence electrons. The van der Waals surface area contributed by atoms with Crippen molar-refractivity contribution in [2.45, 2.75) is 51.4 Å².